The average Bonchev–Trinajstić information content (AvgIpc) is 3.21. The van der Waals surface area contributed by atoms with Gasteiger partial charge in [0.25, 0.3) is 0 Å². The number of guanidine groups is 1. The number of hydrogen-bond acceptors (Lipinski definition) is 5. The topological polar surface area (TPSA) is 92.0 Å². The number of benzene rings is 1. The van der Waals surface area contributed by atoms with Gasteiger partial charge in [0.1, 0.15) is 6.26 Å². The standard InChI is InChI=1S/C21H29N5O3/c1-4-28-21(27)26-11-9-17(10-12-26)25-20(22-3)23-13-18-14-29-19(24-18)16-7-5-15(2)6-8-16/h5-8,14,17H,4,9-13H2,1-3H3,(H2,22,23,25). The van der Waals surface area contributed by atoms with Crippen LogP contribution < -0.4 is 10.6 Å². The number of aromatic nitrogens is 1. The molecule has 156 valence electrons. The number of aliphatic imine (C=N–C) groups is 1. The summed E-state index contributed by atoms with van der Waals surface area (Å²) < 4.78 is 10.7. The van der Waals surface area contributed by atoms with Crippen LogP contribution in [0.4, 0.5) is 4.79 Å². The highest BCUT2D eigenvalue weighted by Crippen LogP contribution is 2.19. The number of nitrogens with one attached hydrogen (secondary N) is 2. The summed E-state index contributed by atoms with van der Waals surface area (Å²) in [5.41, 5.74) is 2.96. The minimum absolute atomic E-state index is 0.233. The first kappa shape index (κ1) is 20.7. The van der Waals surface area contributed by atoms with Crippen molar-refractivity contribution < 1.29 is 13.9 Å². The molecule has 0 radical (unpaired) electrons. The first-order valence-corrected chi connectivity index (χ1v) is 9.99. The molecule has 0 aliphatic carbocycles. The molecule has 0 unspecified atom stereocenters. The first-order chi connectivity index (χ1) is 14.1. The summed E-state index contributed by atoms with van der Waals surface area (Å²) >= 11 is 0. The number of amides is 1. The molecule has 3 rings (SSSR count). The third kappa shape index (κ3) is 5.73. The van der Waals surface area contributed by atoms with Crippen molar-refractivity contribution in [3.05, 3.63) is 41.8 Å². The molecule has 0 atom stereocenters. The van der Waals surface area contributed by atoms with Crippen LogP contribution in [-0.2, 0) is 11.3 Å². The van der Waals surface area contributed by atoms with Crippen molar-refractivity contribution in [3.8, 4) is 11.5 Å². The van der Waals surface area contributed by atoms with Crippen LogP contribution in [-0.4, -0.2) is 54.7 Å². The van der Waals surface area contributed by atoms with Gasteiger partial charge >= 0.3 is 6.09 Å². The molecule has 0 bridgehead atoms. The predicted octanol–water partition coefficient (Wildman–Crippen LogP) is 2.94. The molecule has 1 aliphatic rings. The molecule has 2 heterocycles. The molecule has 1 aromatic carbocycles. The number of piperidine rings is 1. The number of oxazole rings is 1. The number of carbonyl (C=O) groups excluding carboxylic acids is 1. The maximum absolute atomic E-state index is 11.8. The smallest absolute Gasteiger partial charge is 0.409 e. The first-order valence-electron chi connectivity index (χ1n) is 9.99. The normalized spacial score (nSPS) is 15.3. The van der Waals surface area contributed by atoms with Crippen molar-refractivity contribution in [2.45, 2.75) is 39.3 Å². The van der Waals surface area contributed by atoms with Crippen LogP contribution in [0.2, 0.25) is 0 Å². The summed E-state index contributed by atoms with van der Waals surface area (Å²) in [5.74, 6) is 1.32. The highest BCUT2D eigenvalue weighted by Gasteiger charge is 2.24. The van der Waals surface area contributed by atoms with E-state index in [0.29, 0.717) is 38.1 Å². The Hall–Kier alpha value is -3.03. The Morgan fingerprint density at radius 3 is 2.69 bits per heavy atom. The van der Waals surface area contributed by atoms with Gasteiger partial charge in [-0.05, 0) is 38.8 Å². The average molecular weight is 399 g/mol. The van der Waals surface area contributed by atoms with E-state index in [1.165, 1.54) is 5.56 Å². The Bertz CT molecular complexity index is 823. The van der Waals surface area contributed by atoms with Gasteiger partial charge in [-0.2, -0.15) is 0 Å². The predicted molar refractivity (Wildman–Crippen MR) is 112 cm³/mol. The van der Waals surface area contributed by atoms with E-state index in [2.05, 4.69) is 20.6 Å². The Morgan fingerprint density at radius 2 is 2.03 bits per heavy atom. The summed E-state index contributed by atoms with van der Waals surface area (Å²) in [6, 6.07) is 8.34. The van der Waals surface area contributed by atoms with E-state index >= 15 is 0 Å². The van der Waals surface area contributed by atoms with Crippen LogP contribution in [0, 0.1) is 6.92 Å². The second-order valence-electron chi connectivity index (χ2n) is 7.04. The number of ether oxygens (including phenoxy) is 1. The van der Waals surface area contributed by atoms with Gasteiger partial charge in [-0.15, -0.1) is 0 Å². The monoisotopic (exact) mass is 399 g/mol. The number of nitrogens with zero attached hydrogens (tertiary/aromatic N) is 3. The summed E-state index contributed by atoms with van der Waals surface area (Å²) in [5, 5.41) is 6.69. The Kier molecular flexibility index (Phi) is 7.10. The van der Waals surface area contributed by atoms with E-state index in [1.54, 1.807) is 18.2 Å². The highest BCUT2D eigenvalue weighted by atomic mass is 16.6. The van der Waals surface area contributed by atoms with Crippen molar-refractivity contribution in [2.24, 2.45) is 4.99 Å². The second kappa shape index (κ2) is 9.95. The zero-order valence-corrected chi connectivity index (χ0v) is 17.3. The second-order valence-corrected chi connectivity index (χ2v) is 7.04. The summed E-state index contributed by atoms with van der Waals surface area (Å²) in [4.78, 5) is 22.4. The summed E-state index contributed by atoms with van der Waals surface area (Å²) in [6.45, 7) is 6.14. The highest BCUT2D eigenvalue weighted by molar-refractivity contribution is 5.80. The molecule has 1 aliphatic heterocycles. The van der Waals surface area contributed by atoms with Crippen LogP contribution in [0.25, 0.3) is 11.5 Å². The third-order valence-corrected chi connectivity index (χ3v) is 4.87. The molecule has 8 nitrogen and oxygen atoms in total. The molecule has 1 amide bonds. The molecule has 8 heteroatoms. The molecular formula is C21H29N5O3. The summed E-state index contributed by atoms with van der Waals surface area (Å²) in [7, 11) is 1.74. The van der Waals surface area contributed by atoms with E-state index < -0.39 is 0 Å². The molecule has 2 aromatic rings. The van der Waals surface area contributed by atoms with Gasteiger partial charge in [0, 0.05) is 31.7 Å². The Balaban J connectivity index is 1.47. The van der Waals surface area contributed by atoms with Crippen LogP contribution in [0.3, 0.4) is 0 Å². The third-order valence-electron chi connectivity index (χ3n) is 4.87. The van der Waals surface area contributed by atoms with E-state index in [4.69, 9.17) is 9.15 Å². The maximum atomic E-state index is 11.8. The maximum Gasteiger partial charge on any atom is 0.409 e. The van der Waals surface area contributed by atoms with Crippen LogP contribution in [0.1, 0.15) is 31.0 Å². The van der Waals surface area contributed by atoms with Crippen molar-refractivity contribution in [3.63, 3.8) is 0 Å². The van der Waals surface area contributed by atoms with E-state index in [0.717, 1.165) is 24.1 Å². The summed E-state index contributed by atoms with van der Waals surface area (Å²) in [6.07, 6.45) is 3.12. The van der Waals surface area contributed by atoms with Crippen molar-refractivity contribution >= 4 is 12.1 Å². The number of carbonyl (C=O) groups is 1. The van der Waals surface area contributed by atoms with E-state index in [-0.39, 0.29) is 12.1 Å². The minimum Gasteiger partial charge on any atom is -0.450 e. The fraction of sp³-hybridized carbons (Fsp3) is 0.476. The largest absolute Gasteiger partial charge is 0.450 e. The minimum atomic E-state index is -0.233. The van der Waals surface area contributed by atoms with Crippen molar-refractivity contribution in [1.29, 1.82) is 0 Å². The number of likely N-dealkylation sites (tertiary alicyclic amines) is 1. The zero-order valence-electron chi connectivity index (χ0n) is 17.3. The van der Waals surface area contributed by atoms with Crippen LogP contribution in [0.5, 0.6) is 0 Å². The molecule has 0 saturated carbocycles. The van der Waals surface area contributed by atoms with Gasteiger partial charge < -0.3 is 24.7 Å². The molecule has 0 spiro atoms. The molecular weight excluding hydrogens is 370 g/mol. The quantitative estimate of drug-likeness (QED) is 0.593. The lowest BCUT2D eigenvalue weighted by molar-refractivity contribution is 0.0963. The molecule has 1 saturated heterocycles. The Labute approximate surface area is 171 Å². The van der Waals surface area contributed by atoms with Gasteiger partial charge in [-0.25, -0.2) is 9.78 Å². The van der Waals surface area contributed by atoms with Crippen molar-refractivity contribution in [1.82, 2.24) is 20.5 Å². The van der Waals surface area contributed by atoms with Gasteiger partial charge in [0.2, 0.25) is 5.89 Å². The van der Waals surface area contributed by atoms with Gasteiger partial charge in [0.05, 0.1) is 18.8 Å². The SMILES string of the molecule is CCOC(=O)N1CCC(NC(=NC)NCc2coc(-c3ccc(C)cc3)n2)CC1. The number of aryl methyl sites for hydroxylation is 1. The van der Waals surface area contributed by atoms with Gasteiger partial charge in [0.15, 0.2) is 5.96 Å². The Morgan fingerprint density at radius 1 is 1.31 bits per heavy atom. The van der Waals surface area contributed by atoms with Gasteiger partial charge in [-0.3, -0.25) is 4.99 Å². The fourth-order valence-electron chi connectivity index (χ4n) is 3.20. The zero-order chi connectivity index (χ0) is 20.6. The number of hydrogen-bond donors (Lipinski definition) is 2. The van der Waals surface area contributed by atoms with Gasteiger partial charge in [-0.1, -0.05) is 17.7 Å². The molecule has 1 aromatic heterocycles. The number of rotatable bonds is 5. The molecule has 2 N–H and O–H groups in total. The fourth-order valence-corrected chi connectivity index (χ4v) is 3.20. The molecule has 1 fully saturated rings. The lowest BCUT2D eigenvalue weighted by Crippen LogP contribution is -2.49. The van der Waals surface area contributed by atoms with Crippen LogP contribution >= 0.6 is 0 Å². The van der Waals surface area contributed by atoms with Crippen molar-refractivity contribution in [2.75, 3.05) is 26.7 Å². The lowest BCUT2D eigenvalue weighted by Gasteiger charge is -2.32. The molecule has 29 heavy (non-hydrogen) atoms. The van der Waals surface area contributed by atoms with E-state index in [1.807, 2.05) is 38.1 Å². The lowest BCUT2D eigenvalue weighted by atomic mass is 10.1. The van der Waals surface area contributed by atoms with Crippen LogP contribution in [0.15, 0.2) is 39.9 Å². The van der Waals surface area contributed by atoms with E-state index in [9.17, 15) is 4.79 Å².